The van der Waals surface area contributed by atoms with Gasteiger partial charge in [0.15, 0.2) is 5.79 Å². The van der Waals surface area contributed by atoms with Crippen LogP contribution in [0.5, 0.6) is 0 Å². The number of hydrogen-bond acceptors (Lipinski definition) is 4. The number of carbonyl (C=O) groups excluding carboxylic acids is 1. The lowest BCUT2D eigenvalue weighted by Gasteiger charge is -2.43. The molecule has 5 heteroatoms. The fourth-order valence-corrected chi connectivity index (χ4v) is 2.63. The van der Waals surface area contributed by atoms with Crippen molar-refractivity contribution >= 4 is 5.91 Å². The van der Waals surface area contributed by atoms with Gasteiger partial charge in [-0.15, -0.1) is 0 Å². The van der Waals surface area contributed by atoms with Gasteiger partial charge in [-0.2, -0.15) is 0 Å². The molecule has 1 amide bonds. The first kappa shape index (κ1) is 12.6. The minimum Gasteiger partial charge on any atom is -0.350 e. The van der Waals surface area contributed by atoms with Crippen molar-refractivity contribution in [3.05, 3.63) is 30.1 Å². The number of nitrogens with zero attached hydrogens (tertiary/aromatic N) is 2. The van der Waals surface area contributed by atoms with Crippen LogP contribution in [0.2, 0.25) is 0 Å². The molecule has 0 aliphatic carbocycles. The summed E-state index contributed by atoms with van der Waals surface area (Å²) in [5.41, 5.74) is 0.691. The average molecular weight is 262 g/mol. The number of likely N-dealkylation sites (tertiary alicyclic amines) is 1. The molecule has 0 bridgehead atoms. The topological polar surface area (TPSA) is 51.7 Å². The predicted octanol–water partition coefficient (Wildman–Crippen LogP) is 1.45. The maximum Gasteiger partial charge on any atom is 0.253 e. The first-order valence-electron chi connectivity index (χ1n) is 6.76. The number of pyridine rings is 1. The van der Waals surface area contributed by atoms with Crippen LogP contribution in [0.1, 0.15) is 29.6 Å². The van der Waals surface area contributed by atoms with Gasteiger partial charge in [0, 0.05) is 43.9 Å². The van der Waals surface area contributed by atoms with Gasteiger partial charge >= 0.3 is 0 Å². The van der Waals surface area contributed by atoms with E-state index in [2.05, 4.69) is 4.98 Å². The molecule has 2 fully saturated rings. The lowest BCUT2D eigenvalue weighted by atomic mass is 10.0. The van der Waals surface area contributed by atoms with E-state index in [0.717, 1.165) is 32.5 Å². The van der Waals surface area contributed by atoms with E-state index in [1.165, 1.54) is 0 Å². The van der Waals surface area contributed by atoms with E-state index in [1.807, 2.05) is 4.90 Å². The minimum atomic E-state index is -0.437. The van der Waals surface area contributed by atoms with E-state index < -0.39 is 5.79 Å². The summed E-state index contributed by atoms with van der Waals surface area (Å²) in [5.74, 6) is -0.374. The standard InChI is InChI=1S/C14H18N2O3/c17-13(12-2-6-15-7-3-12)16-8-4-14(5-9-16)18-10-1-11-19-14/h2-3,6-7H,1,4-5,8-11H2. The fourth-order valence-electron chi connectivity index (χ4n) is 2.63. The molecule has 0 radical (unpaired) electrons. The van der Waals surface area contributed by atoms with Crippen LogP contribution in [0.4, 0.5) is 0 Å². The van der Waals surface area contributed by atoms with Crippen LogP contribution < -0.4 is 0 Å². The Morgan fingerprint density at radius 3 is 2.42 bits per heavy atom. The summed E-state index contributed by atoms with van der Waals surface area (Å²) in [6.45, 7) is 2.89. The summed E-state index contributed by atoms with van der Waals surface area (Å²) < 4.78 is 11.5. The molecule has 3 rings (SSSR count). The first-order chi connectivity index (χ1) is 9.29. The predicted molar refractivity (Wildman–Crippen MR) is 68.6 cm³/mol. The fraction of sp³-hybridized carbons (Fsp3) is 0.571. The molecule has 0 unspecified atom stereocenters. The minimum absolute atomic E-state index is 0.0630. The Bertz CT molecular complexity index is 433. The maximum absolute atomic E-state index is 12.3. The highest BCUT2D eigenvalue weighted by molar-refractivity contribution is 5.94. The van der Waals surface area contributed by atoms with Crippen LogP contribution in [-0.2, 0) is 9.47 Å². The molecule has 2 aliphatic heterocycles. The van der Waals surface area contributed by atoms with Crippen LogP contribution >= 0.6 is 0 Å². The van der Waals surface area contributed by atoms with E-state index in [9.17, 15) is 4.79 Å². The zero-order valence-corrected chi connectivity index (χ0v) is 10.9. The van der Waals surface area contributed by atoms with Crippen molar-refractivity contribution < 1.29 is 14.3 Å². The number of aromatic nitrogens is 1. The Morgan fingerprint density at radius 2 is 1.79 bits per heavy atom. The molecule has 1 aromatic rings. The van der Waals surface area contributed by atoms with Crippen molar-refractivity contribution in [3.8, 4) is 0 Å². The zero-order chi connectivity index (χ0) is 13.1. The summed E-state index contributed by atoms with van der Waals surface area (Å²) in [5, 5.41) is 0. The second kappa shape index (κ2) is 5.27. The summed E-state index contributed by atoms with van der Waals surface area (Å²) in [6, 6.07) is 3.50. The summed E-state index contributed by atoms with van der Waals surface area (Å²) in [7, 11) is 0. The molecule has 3 heterocycles. The summed E-state index contributed by atoms with van der Waals surface area (Å²) >= 11 is 0. The zero-order valence-electron chi connectivity index (χ0n) is 10.9. The normalized spacial score (nSPS) is 22.4. The van der Waals surface area contributed by atoms with Crippen molar-refractivity contribution in [2.75, 3.05) is 26.3 Å². The van der Waals surface area contributed by atoms with Crippen LogP contribution in [0.3, 0.4) is 0 Å². The van der Waals surface area contributed by atoms with Gasteiger partial charge in [-0.1, -0.05) is 0 Å². The molecule has 2 aliphatic rings. The SMILES string of the molecule is O=C(c1ccncc1)N1CCC2(CC1)OCCCO2. The lowest BCUT2D eigenvalue weighted by Crippen LogP contribution is -2.51. The molecule has 102 valence electrons. The van der Waals surface area contributed by atoms with Crippen molar-refractivity contribution in [1.82, 2.24) is 9.88 Å². The van der Waals surface area contributed by atoms with E-state index in [4.69, 9.17) is 9.47 Å². The van der Waals surface area contributed by atoms with Crippen LogP contribution in [-0.4, -0.2) is 47.9 Å². The van der Waals surface area contributed by atoms with Gasteiger partial charge in [-0.05, 0) is 18.6 Å². The molecule has 0 atom stereocenters. The largest absolute Gasteiger partial charge is 0.350 e. The highest BCUT2D eigenvalue weighted by atomic mass is 16.7. The first-order valence-corrected chi connectivity index (χ1v) is 6.76. The quantitative estimate of drug-likeness (QED) is 0.768. The highest BCUT2D eigenvalue weighted by Gasteiger charge is 2.39. The molecular formula is C14H18N2O3. The van der Waals surface area contributed by atoms with Crippen molar-refractivity contribution in [2.45, 2.75) is 25.0 Å². The van der Waals surface area contributed by atoms with E-state index >= 15 is 0 Å². The van der Waals surface area contributed by atoms with Crippen LogP contribution in [0.25, 0.3) is 0 Å². The number of ether oxygens (including phenoxy) is 2. The van der Waals surface area contributed by atoms with E-state index in [1.54, 1.807) is 24.5 Å². The molecule has 5 nitrogen and oxygen atoms in total. The summed E-state index contributed by atoms with van der Waals surface area (Å²) in [6.07, 6.45) is 5.76. The number of hydrogen-bond donors (Lipinski definition) is 0. The van der Waals surface area contributed by atoms with Gasteiger partial charge in [-0.25, -0.2) is 0 Å². The highest BCUT2D eigenvalue weighted by Crippen LogP contribution is 2.31. The van der Waals surface area contributed by atoms with Crippen molar-refractivity contribution in [2.24, 2.45) is 0 Å². The molecule has 19 heavy (non-hydrogen) atoms. The third-order valence-electron chi connectivity index (χ3n) is 3.76. The van der Waals surface area contributed by atoms with Gasteiger partial charge in [0.25, 0.3) is 5.91 Å². The van der Waals surface area contributed by atoms with Crippen molar-refractivity contribution in [1.29, 1.82) is 0 Å². The van der Waals surface area contributed by atoms with Gasteiger partial charge in [0.1, 0.15) is 0 Å². The summed E-state index contributed by atoms with van der Waals surface area (Å²) in [4.78, 5) is 18.1. The van der Waals surface area contributed by atoms with Gasteiger partial charge < -0.3 is 14.4 Å². The average Bonchev–Trinajstić information content (AvgIpc) is 2.49. The van der Waals surface area contributed by atoms with Crippen molar-refractivity contribution in [3.63, 3.8) is 0 Å². The number of amides is 1. The second-order valence-corrected chi connectivity index (χ2v) is 4.99. The molecule has 2 saturated heterocycles. The van der Waals surface area contributed by atoms with Crippen LogP contribution in [0.15, 0.2) is 24.5 Å². The monoisotopic (exact) mass is 262 g/mol. The third-order valence-corrected chi connectivity index (χ3v) is 3.76. The Kier molecular flexibility index (Phi) is 3.48. The number of rotatable bonds is 1. The molecule has 0 saturated carbocycles. The van der Waals surface area contributed by atoms with Crippen LogP contribution in [0, 0.1) is 0 Å². The van der Waals surface area contributed by atoms with Gasteiger partial charge in [-0.3, -0.25) is 9.78 Å². The number of carbonyl (C=O) groups is 1. The molecule has 0 aromatic carbocycles. The molecule has 1 spiro atoms. The third kappa shape index (κ3) is 2.62. The smallest absolute Gasteiger partial charge is 0.253 e. The number of piperidine rings is 1. The molecule has 1 aromatic heterocycles. The van der Waals surface area contributed by atoms with Gasteiger partial charge in [0.2, 0.25) is 0 Å². The Morgan fingerprint density at radius 1 is 1.16 bits per heavy atom. The second-order valence-electron chi connectivity index (χ2n) is 4.99. The van der Waals surface area contributed by atoms with E-state index in [0.29, 0.717) is 18.7 Å². The maximum atomic E-state index is 12.3. The Hall–Kier alpha value is -1.46. The Balaban J connectivity index is 1.62. The molecular weight excluding hydrogens is 244 g/mol. The van der Waals surface area contributed by atoms with E-state index in [-0.39, 0.29) is 5.91 Å². The molecule has 0 N–H and O–H groups in total. The van der Waals surface area contributed by atoms with Gasteiger partial charge in [0.05, 0.1) is 13.2 Å². The Labute approximate surface area is 112 Å². The lowest BCUT2D eigenvalue weighted by molar-refractivity contribution is -0.281.